The summed E-state index contributed by atoms with van der Waals surface area (Å²) >= 11 is 1.26. The maximum absolute atomic E-state index is 14.2. The SMILES string of the molecule is Cc1cc(C)nc(SCC(=O)N(Cc2ccccc2C)C(C(=O)Nc2ccc(N(C)C)cc2)c2ccc3c(c2)OCO3)n1. The van der Waals surface area contributed by atoms with E-state index in [1.54, 1.807) is 17.0 Å². The number of amides is 2. The van der Waals surface area contributed by atoms with Crippen LogP contribution in [0.3, 0.4) is 0 Å². The topological polar surface area (TPSA) is 96.9 Å². The Labute approximate surface area is 256 Å². The maximum atomic E-state index is 14.2. The quantitative estimate of drug-likeness (QED) is 0.184. The first-order chi connectivity index (χ1) is 20.7. The number of aromatic nitrogens is 2. The summed E-state index contributed by atoms with van der Waals surface area (Å²) in [4.78, 5) is 40.9. The van der Waals surface area contributed by atoms with Crippen LogP contribution in [0.5, 0.6) is 11.5 Å². The zero-order valence-corrected chi connectivity index (χ0v) is 25.8. The Morgan fingerprint density at radius 1 is 0.907 bits per heavy atom. The standard InChI is InChI=1S/C33H35N5O4S/c1-21-8-6-7-9-25(21)18-38(30(39)19-43-33-34-22(2)16-23(3)35-33)31(24-10-15-28-29(17-24)42-20-41-28)32(40)36-26-11-13-27(14-12-26)37(4)5/h6-17,31H,18-20H2,1-5H3,(H,36,40). The van der Waals surface area contributed by atoms with E-state index in [2.05, 4.69) is 15.3 Å². The van der Waals surface area contributed by atoms with Crippen molar-refractivity contribution in [2.24, 2.45) is 0 Å². The molecule has 222 valence electrons. The number of thioether (sulfide) groups is 1. The molecule has 5 rings (SSSR count). The molecule has 2 heterocycles. The summed E-state index contributed by atoms with van der Waals surface area (Å²) < 4.78 is 11.2. The van der Waals surface area contributed by atoms with Gasteiger partial charge in [-0.15, -0.1) is 0 Å². The molecule has 0 bridgehead atoms. The minimum Gasteiger partial charge on any atom is -0.454 e. The molecule has 0 saturated heterocycles. The van der Waals surface area contributed by atoms with Crippen LogP contribution in [-0.2, 0) is 16.1 Å². The molecule has 1 atom stereocenters. The van der Waals surface area contributed by atoms with Crippen LogP contribution in [0.25, 0.3) is 0 Å². The van der Waals surface area contributed by atoms with Crippen molar-refractivity contribution in [1.82, 2.24) is 14.9 Å². The average molecular weight is 598 g/mol. The number of anilines is 2. The van der Waals surface area contributed by atoms with Crippen LogP contribution in [0.15, 0.2) is 78.0 Å². The molecule has 2 amide bonds. The van der Waals surface area contributed by atoms with Crippen LogP contribution in [0.1, 0.15) is 34.1 Å². The fourth-order valence-electron chi connectivity index (χ4n) is 4.87. The van der Waals surface area contributed by atoms with Crippen molar-refractivity contribution in [2.45, 2.75) is 38.5 Å². The van der Waals surface area contributed by atoms with Gasteiger partial charge in [0, 0.05) is 43.4 Å². The number of aryl methyl sites for hydroxylation is 3. The van der Waals surface area contributed by atoms with Crippen molar-refractivity contribution in [1.29, 1.82) is 0 Å². The molecule has 0 aliphatic carbocycles. The molecule has 4 aromatic rings. The summed E-state index contributed by atoms with van der Waals surface area (Å²) in [6, 6.07) is 21.7. The molecule has 1 N–H and O–H groups in total. The lowest BCUT2D eigenvalue weighted by atomic mass is 10.0. The minimum atomic E-state index is -0.962. The molecule has 0 radical (unpaired) electrons. The van der Waals surface area contributed by atoms with Gasteiger partial charge in [0.25, 0.3) is 5.91 Å². The smallest absolute Gasteiger partial charge is 0.251 e. The number of hydrogen-bond donors (Lipinski definition) is 1. The van der Waals surface area contributed by atoms with E-state index in [-0.39, 0.29) is 30.9 Å². The van der Waals surface area contributed by atoms with Crippen LogP contribution in [0, 0.1) is 20.8 Å². The number of fused-ring (bicyclic) bond motifs is 1. The largest absolute Gasteiger partial charge is 0.454 e. The van der Waals surface area contributed by atoms with Crippen molar-refractivity contribution in [2.75, 3.05) is 36.9 Å². The van der Waals surface area contributed by atoms with E-state index >= 15 is 0 Å². The zero-order chi connectivity index (χ0) is 30.5. The highest BCUT2D eigenvalue weighted by atomic mass is 32.2. The third-order valence-corrected chi connectivity index (χ3v) is 7.96. The average Bonchev–Trinajstić information content (AvgIpc) is 3.44. The number of nitrogens with one attached hydrogen (secondary N) is 1. The molecule has 43 heavy (non-hydrogen) atoms. The molecule has 1 aliphatic rings. The second kappa shape index (κ2) is 13.2. The Balaban J connectivity index is 1.52. The van der Waals surface area contributed by atoms with E-state index in [9.17, 15) is 9.59 Å². The van der Waals surface area contributed by atoms with Gasteiger partial charge in [-0.2, -0.15) is 0 Å². The van der Waals surface area contributed by atoms with Gasteiger partial charge in [-0.05, 0) is 79.9 Å². The molecular weight excluding hydrogens is 562 g/mol. The number of benzene rings is 3. The van der Waals surface area contributed by atoms with Crippen molar-refractivity contribution in [3.8, 4) is 11.5 Å². The highest BCUT2D eigenvalue weighted by Gasteiger charge is 2.33. The monoisotopic (exact) mass is 597 g/mol. The summed E-state index contributed by atoms with van der Waals surface area (Å²) in [5, 5.41) is 3.56. The van der Waals surface area contributed by atoms with Crippen molar-refractivity contribution < 1.29 is 19.1 Å². The molecule has 10 heteroatoms. The molecule has 1 unspecified atom stereocenters. The van der Waals surface area contributed by atoms with Crippen LogP contribution >= 0.6 is 11.8 Å². The number of carbonyl (C=O) groups excluding carboxylic acids is 2. The van der Waals surface area contributed by atoms with E-state index in [1.165, 1.54) is 11.8 Å². The van der Waals surface area contributed by atoms with E-state index < -0.39 is 6.04 Å². The van der Waals surface area contributed by atoms with Gasteiger partial charge in [0.2, 0.25) is 12.7 Å². The molecule has 0 saturated carbocycles. The number of rotatable bonds is 10. The van der Waals surface area contributed by atoms with E-state index in [0.29, 0.717) is 27.9 Å². The summed E-state index contributed by atoms with van der Waals surface area (Å²) in [6.07, 6.45) is 0. The number of carbonyl (C=O) groups is 2. The van der Waals surface area contributed by atoms with Gasteiger partial charge in [-0.3, -0.25) is 9.59 Å². The van der Waals surface area contributed by atoms with Gasteiger partial charge in [0.1, 0.15) is 6.04 Å². The van der Waals surface area contributed by atoms with Crippen LogP contribution in [0.2, 0.25) is 0 Å². The zero-order valence-electron chi connectivity index (χ0n) is 25.0. The van der Waals surface area contributed by atoms with Gasteiger partial charge >= 0.3 is 0 Å². The first kappa shape index (κ1) is 29.9. The van der Waals surface area contributed by atoms with E-state index in [4.69, 9.17) is 9.47 Å². The highest BCUT2D eigenvalue weighted by molar-refractivity contribution is 7.99. The van der Waals surface area contributed by atoms with Gasteiger partial charge in [0.15, 0.2) is 16.7 Å². The third-order valence-electron chi connectivity index (χ3n) is 7.13. The summed E-state index contributed by atoms with van der Waals surface area (Å²) in [7, 11) is 3.92. The fourth-order valence-corrected chi connectivity index (χ4v) is 5.71. The molecule has 1 aromatic heterocycles. The lowest BCUT2D eigenvalue weighted by molar-refractivity contribution is -0.137. The molecule has 1 aliphatic heterocycles. The number of ether oxygens (including phenoxy) is 2. The second-order valence-electron chi connectivity index (χ2n) is 10.6. The number of nitrogens with zero attached hydrogens (tertiary/aromatic N) is 4. The van der Waals surface area contributed by atoms with Gasteiger partial charge in [0.05, 0.1) is 5.75 Å². The predicted octanol–water partition coefficient (Wildman–Crippen LogP) is 5.70. The Morgan fingerprint density at radius 2 is 1.60 bits per heavy atom. The lowest BCUT2D eigenvalue weighted by Crippen LogP contribution is -2.42. The lowest BCUT2D eigenvalue weighted by Gasteiger charge is -2.32. The van der Waals surface area contributed by atoms with Crippen molar-refractivity contribution in [3.05, 3.63) is 101 Å². The highest BCUT2D eigenvalue weighted by Crippen LogP contribution is 2.37. The first-order valence-electron chi connectivity index (χ1n) is 13.9. The van der Waals surface area contributed by atoms with Gasteiger partial charge in [-0.1, -0.05) is 42.1 Å². The van der Waals surface area contributed by atoms with Gasteiger partial charge in [-0.25, -0.2) is 9.97 Å². The first-order valence-corrected chi connectivity index (χ1v) is 14.9. The fraction of sp³-hybridized carbons (Fsp3) is 0.273. The van der Waals surface area contributed by atoms with E-state index in [1.807, 2.05) is 100 Å². The van der Waals surface area contributed by atoms with Crippen LogP contribution in [-0.4, -0.2) is 53.3 Å². The molecule has 0 spiro atoms. The summed E-state index contributed by atoms with van der Waals surface area (Å²) in [6.45, 7) is 6.13. The van der Waals surface area contributed by atoms with Crippen molar-refractivity contribution in [3.63, 3.8) is 0 Å². The Kier molecular flexibility index (Phi) is 9.16. The summed E-state index contributed by atoms with van der Waals surface area (Å²) in [5.41, 5.74) is 5.87. The van der Waals surface area contributed by atoms with E-state index in [0.717, 1.165) is 28.2 Å². The second-order valence-corrected chi connectivity index (χ2v) is 11.6. The predicted molar refractivity (Wildman–Crippen MR) is 169 cm³/mol. The Bertz CT molecular complexity index is 1610. The maximum Gasteiger partial charge on any atom is 0.251 e. The number of hydrogen-bond acceptors (Lipinski definition) is 8. The Hall–Kier alpha value is -4.57. The minimum absolute atomic E-state index is 0.0562. The van der Waals surface area contributed by atoms with Gasteiger partial charge < -0.3 is 24.6 Å². The Morgan fingerprint density at radius 3 is 2.30 bits per heavy atom. The molecule has 9 nitrogen and oxygen atoms in total. The normalized spacial score (nSPS) is 12.5. The molecule has 0 fully saturated rings. The molecular formula is C33H35N5O4S. The van der Waals surface area contributed by atoms with Crippen LogP contribution in [0.4, 0.5) is 11.4 Å². The molecule has 3 aromatic carbocycles. The van der Waals surface area contributed by atoms with Crippen molar-refractivity contribution >= 4 is 35.0 Å². The summed E-state index contributed by atoms with van der Waals surface area (Å²) in [5.74, 6) is 0.622. The third kappa shape index (κ3) is 7.26. The van der Waals surface area contributed by atoms with Crippen LogP contribution < -0.4 is 19.7 Å².